The highest BCUT2D eigenvalue weighted by Crippen LogP contribution is 2.25. The van der Waals surface area contributed by atoms with E-state index in [2.05, 4.69) is 18.2 Å². The average molecular weight is 273 g/mol. The summed E-state index contributed by atoms with van der Waals surface area (Å²) in [5, 5.41) is 0. The molecule has 104 valence electrons. The summed E-state index contributed by atoms with van der Waals surface area (Å²) < 4.78 is 26.6. The fourth-order valence-corrected chi connectivity index (χ4v) is 2.92. The molecule has 0 heterocycles. The predicted octanol–water partition coefficient (Wildman–Crippen LogP) is 3.70. The zero-order valence-corrected chi connectivity index (χ0v) is 11.2. The molecule has 0 saturated carbocycles. The molecule has 1 atom stereocenters. The smallest absolute Gasteiger partial charge is 0.130 e. The number of fused-ring (bicyclic) bond motifs is 1. The second-order valence-corrected chi connectivity index (χ2v) is 5.43. The van der Waals surface area contributed by atoms with Crippen molar-refractivity contribution in [3.8, 4) is 0 Å². The molecule has 0 aromatic heterocycles. The van der Waals surface area contributed by atoms with Gasteiger partial charge in [0.15, 0.2) is 0 Å². The Kier molecular flexibility index (Phi) is 3.53. The Morgan fingerprint density at radius 2 is 1.80 bits per heavy atom. The van der Waals surface area contributed by atoms with E-state index in [1.165, 1.54) is 29.7 Å². The van der Waals surface area contributed by atoms with Crippen molar-refractivity contribution < 1.29 is 8.78 Å². The molecule has 1 unspecified atom stereocenters. The van der Waals surface area contributed by atoms with Gasteiger partial charge in [-0.25, -0.2) is 8.78 Å². The van der Waals surface area contributed by atoms with Crippen molar-refractivity contribution in [2.45, 2.75) is 31.7 Å². The van der Waals surface area contributed by atoms with Crippen LogP contribution in [0, 0.1) is 11.6 Å². The van der Waals surface area contributed by atoms with Crippen LogP contribution < -0.4 is 5.73 Å². The third kappa shape index (κ3) is 2.59. The monoisotopic (exact) mass is 273 g/mol. The molecular formula is C17H17F2N. The summed E-state index contributed by atoms with van der Waals surface area (Å²) in [6.45, 7) is 0. The van der Waals surface area contributed by atoms with E-state index in [-0.39, 0.29) is 0 Å². The van der Waals surface area contributed by atoms with Gasteiger partial charge in [-0.15, -0.1) is 0 Å². The van der Waals surface area contributed by atoms with Crippen molar-refractivity contribution in [2.24, 2.45) is 5.73 Å². The van der Waals surface area contributed by atoms with Crippen molar-refractivity contribution in [1.82, 2.24) is 0 Å². The number of aryl methyl sites for hydroxylation is 2. The van der Waals surface area contributed by atoms with Gasteiger partial charge in [0.25, 0.3) is 0 Å². The number of hydrogen-bond acceptors (Lipinski definition) is 1. The summed E-state index contributed by atoms with van der Waals surface area (Å²) in [6, 6.07) is 9.50. The summed E-state index contributed by atoms with van der Waals surface area (Å²) in [7, 11) is 0. The zero-order valence-electron chi connectivity index (χ0n) is 11.2. The maximum Gasteiger partial charge on any atom is 0.130 e. The molecule has 0 radical (unpaired) electrons. The second-order valence-electron chi connectivity index (χ2n) is 5.43. The van der Waals surface area contributed by atoms with E-state index in [1.807, 2.05) is 0 Å². The molecule has 2 aromatic rings. The first kappa shape index (κ1) is 13.3. The fraction of sp³-hybridized carbons (Fsp3) is 0.294. The van der Waals surface area contributed by atoms with E-state index >= 15 is 0 Å². The number of rotatable bonds is 3. The molecule has 0 fully saturated rings. The van der Waals surface area contributed by atoms with Gasteiger partial charge in [-0.05, 0) is 48.4 Å². The quantitative estimate of drug-likeness (QED) is 0.906. The molecule has 0 saturated heterocycles. The molecule has 0 amide bonds. The van der Waals surface area contributed by atoms with Gasteiger partial charge in [0.2, 0.25) is 0 Å². The highest BCUT2D eigenvalue weighted by atomic mass is 19.1. The van der Waals surface area contributed by atoms with Crippen molar-refractivity contribution >= 4 is 0 Å². The fourth-order valence-electron chi connectivity index (χ4n) is 2.92. The SMILES string of the molecule is NC(Cc1ccc2c(c1)CCC2)c1ccc(F)cc1F. The lowest BCUT2D eigenvalue weighted by atomic mass is 9.97. The normalized spacial score (nSPS) is 15.2. The number of halogens is 2. The van der Waals surface area contributed by atoms with Crippen LogP contribution in [0.5, 0.6) is 0 Å². The number of benzene rings is 2. The first-order valence-electron chi connectivity index (χ1n) is 6.94. The van der Waals surface area contributed by atoms with E-state index < -0.39 is 17.7 Å². The van der Waals surface area contributed by atoms with E-state index in [4.69, 9.17) is 5.73 Å². The molecule has 3 rings (SSSR count). The Hall–Kier alpha value is -1.74. The first-order valence-corrected chi connectivity index (χ1v) is 6.94. The van der Waals surface area contributed by atoms with Crippen LogP contribution in [-0.2, 0) is 19.3 Å². The Morgan fingerprint density at radius 3 is 2.60 bits per heavy atom. The molecule has 3 heteroatoms. The maximum absolute atomic E-state index is 13.7. The van der Waals surface area contributed by atoms with Crippen LogP contribution in [0.25, 0.3) is 0 Å². The van der Waals surface area contributed by atoms with Gasteiger partial charge in [-0.3, -0.25) is 0 Å². The molecule has 2 N–H and O–H groups in total. The average Bonchev–Trinajstić information content (AvgIpc) is 2.85. The molecule has 1 nitrogen and oxygen atoms in total. The first-order chi connectivity index (χ1) is 9.63. The topological polar surface area (TPSA) is 26.0 Å². The van der Waals surface area contributed by atoms with Crippen molar-refractivity contribution in [2.75, 3.05) is 0 Å². The maximum atomic E-state index is 13.7. The highest BCUT2D eigenvalue weighted by Gasteiger charge is 2.15. The summed E-state index contributed by atoms with van der Waals surface area (Å²) in [4.78, 5) is 0. The molecule has 0 spiro atoms. The molecule has 0 aliphatic heterocycles. The lowest BCUT2D eigenvalue weighted by Gasteiger charge is -2.14. The molecule has 2 aromatic carbocycles. The summed E-state index contributed by atoms with van der Waals surface area (Å²) in [5.41, 5.74) is 10.3. The molecule has 0 bridgehead atoms. The van der Waals surface area contributed by atoms with Crippen molar-refractivity contribution in [1.29, 1.82) is 0 Å². The minimum atomic E-state index is -0.573. The largest absolute Gasteiger partial charge is 0.324 e. The van der Waals surface area contributed by atoms with Gasteiger partial charge >= 0.3 is 0 Å². The van der Waals surface area contributed by atoms with Gasteiger partial charge in [-0.2, -0.15) is 0 Å². The summed E-state index contributed by atoms with van der Waals surface area (Å²) in [6.07, 6.45) is 4.03. The number of hydrogen-bond donors (Lipinski definition) is 1. The van der Waals surface area contributed by atoms with Crippen LogP contribution in [-0.4, -0.2) is 0 Å². The zero-order chi connectivity index (χ0) is 14.1. The van der Waals surface area contributed by atoms with Gasteiger partial charge in [-0.1, -0.05) is 24.3 Å². The lowest BCUT2D eigenvalue weighted by Crippen LogP contribution is -2.15. The van der Waals surface area contributed by atoms with Gasteiger partial charge in [0, 0.05) is 17.7 Å². The lowest BCUT2D eigenvalue weighted by molar-refractivity contribution is 0.554. The van der Waals surface area contributed by atoms with Gasteiger partial charge in [0.1, 0.15) is 11.6 Å². The minimum Gasteiger partial charge on any atom is -0.324 e. The van der Waals surface area contributed by atoms with Crippen LogP contribution in [0.3, 0.4) is 0 Å². The Bertz CT molecular complexity index is 637. The van der Waals surface area contributed by atoms with Crippen molar-refractivity contribution in [3.05, 3.63) is 70.3 Å². The van der Waals surface area contributed by atoms with Gasteiger partial charge in [0.05, 0.1) is 0 Å². The van der Waals surface area contributed by atoms with Crippen LogP contribution in [0.4, 0.5) is 8.78 Å². The van der Waals surface area contributed by atoms with E-state index in [9.17, 15) is 8.78 Å². The second kappa shape index (κ2) is 5.33. The molecule has 1 aliphatic carbocycles. The molecule has 1 aliphatic rings. The van der Waals surface area contributed by atoms with E-state index in [0.29, 0.717) is 12.0 Å². The molecular weight excluding hydrogens is 256 g/mol. The Morgan fingerprint density at radius 1 is 1.00 bits per heavy atom. The summed E-state index contributed by atoms with van der Waals surface area (Å²) >= 11 is 0. The predicted molar refractivity (Wildman–Crippen MR) is 75.5 cm³/mol. The number of nitrogens with two attached hydrogens (primary N) is 1. The van der Waals surface area contributed by atoms with E-state index in [1.54, 1.807) is 0 Å². The standard InChI is InChI=1S/C17H17F2N/c18-14-6-7-15(16(19)10-14)17(20)9-11-4-5-12-2-1-3-13(12)8-11/h4-8,10,17H,1-3,9,20H2. The molecule has 20 heavy (non-hydrogen) atoms. The van der Waals surface area contributed by atoms with E-state index in [0.717, 1.165) is 24.5 Å². The summed E-state index contributed by atoms with van der Waals surface area (Å²) in [5.74, 6) is -1.14. The van der Waals surface area contributed by atoms with Crippen LogP contribution >= 0.6 is 0 Å². The third-order valence-corrected chi connectivity index (χ3v) is 3.98. The Labute approximate surface area is 117 Å². The highest BCUT2D eigenvalue weighted by molar-refractivity contribution is 5.36. The minimum absolute atomic E-state index is 0.367. The third-order valence-electron chi connectivity index (χ3n) is 3.98. The van der Waals surface area contributed by atoms with Gasteiger partial charge < -0.3 is 5.73 Å². The van der Waals surface area contributed by atoms with Crippen LogP contribution in [0.1, 0.15) is 34.7 Å². The van der Waals surface area contributed by atoms with Crippen molar-refractivity contribution in [3.63, 3.8) is 0 Å². The van der Waals surface area contributed by atoms with Crippen LogP contribution in [0.15, 0.2) is 36.4 Å². The Balaban J connectivity index is 1.80. The van der Waals surface area contributed by atoms with Crippen LogP contribution in [0.2, 0.25) is 0 Å².